The summed E-state index contributed by atoms with van der Waals surface area (Å²) >= 11 is 1.92. The van der Waals surface area contributed by atoms with E-state index in [1.807, 2.05) is 11.3 Å². The molecule has 1 heterocycles. The molecule has 1 N–H and O–H groups in total. The third kappa shape index (κ3) is 3.50. The number of rotatable bonds is 6. The Morgan fingerprint density at radius 1 is 1.10 bits per heavy atom. The summed E-state index contributed by atoms with van der Waals surface area (Å²) in [5, 5.41) is 3.67. The average Bonchev–Trinajstić information content (AvgIpc) is 2.88. The Morgan fingerprint density at radius 3 is 2.50 bits per heavy atom. The molecule has 0 bridgehead atoms. The van der Waals surface area contributed by atoms with Crippen LogP contribution in [0.15, 0.2) is 36.4 Å². The molecule has 20 heavy (non-hydrogen) atoms. The lowest BCUT2D eigenvalue weighted by atomic mass is 10.0. The molecule has 0 fully saturated rings. The molecule has 0 amide bonds. The average molecular weight is 287 g/mol. The van der Waals surface area contributed by atoms with Gasteiger partial charge in [0.25, 0.3) is 0 Å². The van der Waals surface area contributed by atoms with Crippen molar-refractivity contribution in [3.63, 3.8) is 0 Å². The smallest absolute Gasteiger partial charge is 0.0438 e. The lowest BCUT2D eigenvalue weighted by molar-refractivity contribution is 0.418. The van der Waals surface area contributed by atoms with E-state index in [2.05, 4.69) is 69.4 Å². The zero-order valence-electron chi connectivity index (χ0n) is 12.9. The molecule has 0 aliphatic rings. The first-order valence-electron chi connectivity index (χ1n) is 7.52. The lowest BCUT2D eigenvalue weighted by Crippen LogP contribution is -2.25. The molecule has 1 atom stereocenters. The maximum absolute atomic E-state index is 3.67. The van der Waals surface area contributed by atoms with Crippen molar-refractivity contribution in [1.82, 2.24) is 5.32 Å². The first-order chi connectivity index (χ1) is 9.63. The van der Waals surface area contributed by atoms with Crippen molar-refractivity contribution in [2.45, 2.75) is 40.2 Å². The Bertz CT molecular complexity index is 542. The van der Waals surface area contributed by atoms with Gasteiger partial charge in [0.1, 0.15) is 0 Å². The lowest BCUT2D eigenvalue weighted by Gasteiger charge is -2.21. The fourth-order valence-electron chi connectivity index (χ4n) is 2.48. The summed E-state index contributed by atoms with van der Waals surface area (Å²) in [5.74, 6) is 0.616. The molecule has 108 valence electrons. The zero-order valence-corrected chi connectivity index (χ0v) is 13.8. The molecule has 2 rings (SSSR count). The van der Waals surface area contributed by atoms with Crippen LogP contribution in [0.5, 0.6) is 0 Å². The van der Waals surface area contributed by atoms with Gasteiger partial charge in [0.15, 0.2) is 0 Å². The van der Waals surface area contributed by atoms with Crippen molar-refractivity contribution < 1.29 is 0 Å². The summed E-state index contributed by atoms with van der Waals surface area (Å²) in [4.78, 5) is 2.83. The Hall–Kier alpha value is -1.12. The number of hydrogen-bond donors (Lipinski definition) is 1. The van der Waals surface area contributed by atoms with E-state index in [0.29, 0.717) is 12.0 Å². The summed E-state index contributed by atoms with van der Waals surface area (Å²) in [6, 6.07) is 13.7. The molecule has 0 radical (unpaired) electrons. The molecule has 0 saturated heterocycles. The first-order valence-corrected chi connectivity index (χ1v) is 8.34. The number of hydrogen-bond acceptors (Lipinski definition) is 2. The Balaban J connectivity index is 2.25. The van der Waals surface area contributed by atoms with Crippen molar-refractivity contribution in [1.29, 1.82) is 0 Å². The Labute approximate surface area is 127 Å². The molecule has 0 saturated carbocycles. The van der Waals surface area contributed by atoms with Crippen LogP contribution in [0.3, 0.4) is 0 Å². The Morgan fingerprint density at radius 2 is 1.85 bits per heavy atom. The topological polar surface area (TPSA) is 12.0 Å². The molecule has 0 spiro atoms. The van der Waals surface area contributed by atoms with E-state index in [-0.39, 0.29) is 0 Å². The van der Waals surface area contributed by atoms with Crippen molar-refractivity contribution in [2.75, 3.05) is 6.54 Å². The Kier molecular flexibility index (Phi) is 5.38. The standard InChI is InChI=1S/C18H25NS/c1-5-12-19-18(13(2)3)17-11-10-16(20-17)15-9-7-6-8-14(15)4/h6-11,13,18-19H,5,12H2,1-4H3. The third-order valence-electron chi connectivity index (χ3n) is 3.62. The molecule has 0 aliphatic heterocycles. The van der Waals surface area contributed by atoms with E-state index in [1.165, 1.54) is 27.3 Å². The van der Waals surface area contributed by atoms with Gasteiger partial charge in [-0.2, -0.15) is 0 Å². The zero-order chi connectivity index (χ0) is 14.5. The second-order valence-corrected chi connectivity index (χ2v) is 6.81. The second kappa shape index (κ2) is 7.05. The van der Waals surface area contributed by atoms with E-state index in [4.69, 9.17) is 0 Å². The van der Waals surface area contributed by atoms with Crippen molar-refractivity contribution in [3.05, 3.63) is 46.8 Å². The van der Waals surface area contributed by atoms with Gasteiger partial charge in [-0.05, 0) is 49.1 Å². The van der Waals surface area contributed by atoms with E-state index in [1.54, 1.807) is 0 Å². The predicted octanol–water partition coefficient (Wildman–Crippen LogP) is 5.42. The maximum atomic E-state index is 3.67. The number of aryl methyl sites for hydroxylation is 1. The quantitative estimate of drug-likeness (QED) is 0.748. The molecular weight excluding hydrogens is 262 g/mol. The molecule has 2 heteroatoms. The van der Waals surface area contributed by atoms with Crippen LogP contribution in [0.1, 0.15) is 43.7 Å². The molecule has 0 aliphatic carbocycles. The number of nitrogens with one attached hydrogen (secondary N) is 1. The minimum Gasteiger partial charge on any atom is -0.309 e. The molecule has 1 unspecified atom stereocenters. The minimum absolute atomic E-state index is 0.470. The highest BCUT2D eigenvalue weighted by Crippen LogP contribution is 2.35. The van der Waals surface area contributed by atoms with Gasteiger partial charge in [-0.25, -0.2) is 0 Å². The summed E-state index contributed by atoms with van der Waals surface area (Å²) in [7, 11) is 0. The van der Waals surface area contributed by atoms with E-state index >= 15 is 0 Å². The monoisotopic (exact) mass is 287 g/mol. The highest BCUT2D eigenvalue weighted by atomic mass is 32.1. The minimum atomic E-state index is 0.470. The normalized spacial score (nSPS) is 12.8. The van der Waals surface area contributed by atoms with Crippen LogP contribution in [0.4, 0.5) is 0 Å². The van der Waals surface area contributed by atoms with Gasteiger partial charge in [-0.1, -0.05) is 45.0 Å². The molecular formula is C18H25NS. The van der Waals surface area contributed by atoms with Gasteiger partial charge in [-0.3, -0.25) is 0 Å². The van der Waals surface area contributed by atoms with E-state index in [0.717, 1.165) is 6.54 Å². The van der Waals surface area contributed by atoms with Crippen LogP contribution < -0.4 is 5.32 Å². The molecule has 1 nitrogen and oxygen atoms in total. The molecule has 1 aromatic heterocycles. The van der Waals surface area contributed by atoms with Crippen LogP contribution in [0, 0.1) is 12.8 Å². The van der Waals surface area contributed by atoms with Gasteiger partial charge in [-0.15, -0.1) is 11.3 Å². The van der Waals surface area contributed by atoms with Crippen LogP contribution in [0.2, 0.25) is 0 Å². The van der Waals surface area contributed by atoms with Crippen molar-refractivity contribution in [2.24, 2.45) is 5.92 Å². The second-order valence-electron chi connectivity index (χ2n) is 5.69. The van der Waals surface area contributed by atoms with E-state index < -0.39 is 0 Å². The maximum Gasteiger partial charge on any atom is 0.0438 e. The summed E-state index contributed by atoms with van der Waals surface area (Å²) in [6.07, 6.45) is 1.18. The summed E-state index contributed by atoms with van der Waals surface area (Å²) < 4.78 is 0. The fraction of sp³-hybridized carbons (Fsp3) is 0.444. The fourth-order valence-corrected chi connectivity index (χ4v) is 3.83. The predicted molar refractivity (Wildman–Crippen MR) is 90.4 cm³/mol. The first kappa shape index (κ1) is 15.3. The van der Waals surface area contributed by atoms with Gasteiger partial charge >= 0.3 is 0 Å². The van der Waals surface area contributed by atoms with Crippen molar-refractivity contribution in [3.8, 4) is 10.4 Å². The summed E-state index contributed by atoms with van der Waals surface area (Å²) in [6.45, 7) is 10.1. The van der Waals surface area contributed by atoms with Gasteiger partial charge in [0, 0.05) is 15.8 Å². The van der Waals surface area contributed by atoms with Crippen LogP contribution in [0.25, 0.3) is 10.4 Å². The third-order valence-corrected chi connectivity index (χ3v) is 4.83. The van der Waals surface area contributed by atoms with Gasteiger partial charge < -0.3 is 5.32 Å². The SMILES string of the molecule is CCCNC(c1ccc(-c2ccccc2C)s1)C(C)C. The van der Waals surface area contributed by atoms with Crippen molar-refractivity contribution >= 4 is 11.3 Å². The highest BCUT2D eigenvalue weighted by Gasteiger charge is 2.17. The van der Waals surface area contributed by atoms with E-state index in [9.17, 15) is 0 Å². The number of thiophene rings is 1. The van der Waals surface area contributed by atoms with Crippen LogP contribution in [-0.4, -0.2) is 6.54 Å². The largest absolute Gasteiger partial charge is 0.309 e. The number of benzene rings is 1. The van der Waals surface area contributed by atoms with Crippen LogP contribution in [-0.2, 0) is 0 Å². The highest BCUT2D eigenvalue weighted by molar-refractivity contribution is 7.15. The van der Waals surface area contributed by atoms with Gasteiger partial charge in [0.2, 0.25) is 0 Å². The summed E-state index contributed by atoms with van der Waals surface area (Å²) in [5.41, 5.74) is 2.71. The molecule has 1 aromatic carbocycles. The molecule has 2 aromatic rings. The van der Waals surface area contributed by atoms with Gasteiger partial charge in [0.05, 0.1) is 0 Å². The van der Waals surface area contributed by atoms with Crippen LogP contribution >= 0.6 is 11.3 Å².